The molecule has 0 saturated carbocycles. The Balaban J connectivity index is 0. The molecule has 0 aromatic heterocycles. The topological polar surface area (TPSA) is 3.24 Å². The molecule has 0 aromatic carbocycles. The van der Waals surface area contributed by atoms with Crippen LogP contribution in [0.25, 0.3) is 0 Å². The molecule has 0 saturated heterocycles. The van der Waals surface area contributed by atoms with E-state index in [2.05, 4.69) is 36.7 Å². The van der Waals surface area contributed by atoms with Gasteiger partial charge in [-0.3, -0.25) is 0 Å². The van der Waals surface area contributed by atoms with Crippen LogP contribution in [0, 0.1) is 0 Å². The average molecular weight is 87.0 g/mol. The molecule has 7 heavy (non-hydrogen) atoms. The van der Waals surface area contributed by atoms with Gasteiger partial charge < -0.3 is 0 Å². The van der Waals surface area contributed by atoms with E-state index in [-0.39, 0.29) is 18.9 Å². The van der Waals surface area contributed by atoms with Crippen LogP contribution >= 0.6 is 0 Å². The third-order valence-electron chi connectivity index (χ3n) is 0.671. The average Bonchev–Trinajstić information content (AvgIpc) is 1.35. The van der Waals surface area contributed by atoms with Gasteiger partial charge in [0, 0.05) is 0 Å². The van der Waals surface area contributed by atoms with Crippen molar-refractivity contribution in [1.29, 1.82) is 0 Å². The molecule has 0 aliphatic carbocycles. The van der Waals surface area contributed by atoms with Gasteiger partial charge in [0.05, 0.1) is 0 Å². The molecule has 0 rings (SSSR count). The van der Waals surface area contributed by atoms with Crippen molar-refractivity contribution in [2.24, 2.45) is 0 Å². The van der Waals surface area contributed by atoms with Crippen molar-refractivity contribution in [3.8, 4) is 0 Å². The van der Waals surface area contributed by atoms with Gasteiger partial charge in [0.15, 0.2) is 0 Å². The number of hydrogen-bond donors (Lipinski definition) is 0. The van der Waals surface area contributed by atoms with E-state index >= 15 is 0 Å². The molecule has 0 atom stereocenters. The van der Waals surface area contributed by atoms with E-state index in [9.17, 15) is 0 Å². The summed E-state index contributed by atoms with van der Waals surface area (Å²) in [6.07, 6.45) is 0. The second-order valence-corrected chi connectivity index (χ2v) is 1.80. The molecule has 0 bridgehead atoms. The third kappa shape index (κ3) is 11.0. The fraction of sp³-hybridized carbons (Fsp3) is 1.00. The Kier molecular flexibility index (Phi) is 11.3. The van der Waals surface area contributed by atoms with Crippen LogP contribution in [0.2, 0.25) is 5.09 Å². The summed E-state index contributed by atoms with van der Waals surface area (Å²) in [5, 5.41) is 1.26. The minimum absolute atomic E-state index is 0. The maximum absolute atomic E-state index is 2.18. The first-order valence-corrected chi connectivity index (χ1v) is 2.42. The van der Waals surface area contributed by atoms with Crippen molar-refractivity contribution in [1.82, 2.24) is 4.90 Å². The molecule has 3 heteroatoms. The summed E-state index contributed by atoms with van der Waals surface area (Å²) in [7, 11) is 4.17. The van der Waals surface area contributed by atoms with E-state index in [4.69, 9.17) is 0 Å². The summed E-state index contributed by atoms with van der Waals surface area (Å²) in [5.74, 6) is 0. The summed E-state index contributed by atoms with van der Waals surface area (Å²) >= 11 is 2.18. The zero-order valence-electron chi connectivity index (χ0n) is 4.86. The van der Waals surface area contributed by atoms with Gasteiger partial charge in [0.2, 0.25) is 0 Å². The van der Waals surface area contributed by atoms with Crippen LogP contribution in [0.1, 0.15) is 0 Å². The van der Waals surface area contributed by atoms with E-state index in [1.54, 1.807) is 0 Å². The van der Waals surface area contributed by atoms with Crippen molar-refractivity contribution >= 4 is 36.6 Å². The quantitative estimate of drug-likeness (QED) is 0.410. The third-order valence-corrected chi connectivity index (χ3v) is 0.671. The fourth-order valence-corrected chi connectivity index (χ4v) is 0.447. The predicted molar refractivity (Wildman–Crippen MR) is 36.3 cm³/mol. The van der Waals surface area contributed by atoms with E-state index < -0.39 is 0 Å². The Hall–Kier alpha value is 1.15. The molecule has 0 radical (unpaired) electrons. The molecule has 0 amide bonds. The van der Waals surface area contributed by atoms with Gasteiger partial charge in [-0.05, 0) is 0 Å². The monoisotopic (exact) mass is 87.1 g/mol. The van der Waals surface area contributed by atoms with E-state index in [1.165, 1.54) is 11.6 Å². The van der Waals surface area contributed by atoms with Gasteiger partial charge >= 0.3 is 67.2 Å². The van der Waals surface area contributed by atoms with E-state index in [0.29, 0.717) is 0 Å². The second kappa shape index (κ2) is 7.15. The Bertz CT molecular complexity index is 30.9. The van der Waals surface area contributed by atoms with Crippen LogP contribution in [0.4, 0.5) is 0 Å². The molecule has 0 spiro atoms. The Morgan fingerprint density at radius 3 is 1.86 bits per heavy atom. The van der Waals surface area contributed by atoms with E-state index in [0.717, 1.165) is 0 Å². The van der Waals surface area contributed by atoms with Crippen LogP contribution in [-0.4, -0.2) is 62.1 Å². The summed E-state index contributed by atoms with van der Waals surface area (Å²) in [5.41, 5.74) is 0. The summed E-state index contributed by atoms with van der Waals surface area (Å²) in [6, 6.07) is 0. The van der Waals surface area contributed by atoms with Crippen LogP contribution < -0.4 is 0 Å². The van der Waals surface area contributed by atoms with Gasteiger partial charge in [0.1, 0.15) is 0 Å². The Labute approximate surface area is 67.2 Å². The summed E-state index contributed by atoms with van der Waals surface area (Å²) in [6.45, 7) is 1.21. The number of hydrogen-bond acceptors (Lipinski definition) is 1. The molecule has 0 aliphatic heterocycles. The fourth-order valence-electron chi connectivity index (χ4n) is 0.447. The maximum atomic E-state index is 2.18. The van der Waals surface area contributed by atoms with Crippen LogP contribution in [0.15, 0.2) is 0 Å². The molecule has 0 aromatic rings. The van der Waals surface area contributed by atoms with Crippen LogP contribution in [0.3, 0.4) is 0 Å². The van der Waals surface area contributed by atoms with Crippen molar-refractivity contribution in [2.45, 2.75) is 5.09 Å². The van der Waals surface area contributed by atoms with Gasteiger partial charge in [0.25, 0.3) is 0 Å². The Morgan fingerprint density at radius 2 is 1.86 bits per heavy atom. The second-order valence-electron chi connectivity index (χ2n) is 1.80. The van der Waals surface area contributed by atoms with Crippen molar-refractivity contribution in [3.05, 3.63) is 0 Å². The van der Waals surface area contributed by atoms with Crippen LogP contribution in [0.5, 0.6) is 0 Å². The van der Waals surface area contributed by atoms with Crippen molar-refractivity contribution < 1.29 is 0 Å². The molecular weight excluding hydrogens is 75.9 g/mol. The predicted octanol–water partition coefficient (Wildman–Crippen LogP) is -0.514. The standard InChI is InChI=1S/C4H10N.2Li.H/c1-4-5(2)3;;;/h1,4H2,2-3H3;;;. The molecule has 34 valence electrons. The summed E-state index contributed by atoms with van der Waals surface area (Å²) < 4.78 is 0. The number of nitrogens with zero attached hydrogens (tertiary/aromatic N) is 1. The Morgan fingerprint density at radius 1 is 1.43 bits per heavy atom. The molecule has 0 aliphatic rings. The SMILES string of the molecule is [LiH].[Li][CH2]CN(C)C. The van der Waals surface area contributed by atoms with Gasteiger partial charge in [-0.25, -0.2) is 0 Å². The van der Waals surface area contributed by atoms with E-state index in [1.807, 2.05) is 0 Å². The molecule has 0 heterocycles. The zero-order valence-corrected chi connectivity index (χ0v) is 4.86. The van der Waals surface area contributed by atoms with Gasteiger partial charge in [-0.15, -0.1) is 0 Å². The molecular formula is C4H11Li2N. The van der Waals surface area contributed by atoms with Crippen molar-refractivity contribution in [2.75, 3.05) is 20.6 Å². The summed E-state index contributed by atoms with van der Waals surface area (Å²) in [4.78, 5) is 2.18. The number of rotatable bonds is 2. The molecule has 0 unspecified atom stereocenters. The van der Waals surface area contributed by atoms with Gasteiger partial charge in [-0.2, -0.15) is 0 Å². The first-order chi connectivity index (χ1) is 2.77. The molecule has 0 N–H and O–H groups in total. The van der Waals surface area contributed by atoms with Crippen molar-refractivity contribution in [3.63, 3.8) is 0 Å². The molecule has 1 nitrogen and oxygen atoms in total. The van der Waals surface area contributed by atoms with Gasteiger partial charge in [-0.1, -0.05) is 0 Å². The zero-order chi connectivity index (χ0) is 4.99. The first-order valence-electron chi connectivity index (χ1n) is 2.42. The minimum atomic E-state index is 0. The molecule has 0 fully saturated rings. The normalized spacial score (nSPS) is 8.71. The van der Waals surface area contributed by atoms with Crippen LogP contribution in [-0.2, 0) is 0 Å². The first kappa shape index (κ1) is 11.0.